The van der Waals surface area contributed by atoms with Crippen LogP contribution in [0.25, 0.3) is 10.9 Å². The van der Waals surface area contributed by atoms with Crippen LogP contribution in [0.2, 0.25) is 0 Å². The summed E-state index contributed by atoms with van der Waals surface area (Å²) in [7, 11) is 0. The molecule has 2 heterocycles. The number of benzene rings is 1. The molecule has 0 unspecified atom stereocenters. The van der Waals surface area contributed by atoms with Crippen molar-refractivity contribution in [2.75, 3.05) is 0 Å². The summed E-state index contributed by atoms with van der Waals surface area (Å²) < 4.78 is 6.77. The van der Waals surface area contributed by atoms with Crippen molar-refractivity contribution in [3.63, 3.8) is 0 Å². The normalized spacial score (nSPS) is 11.4. The maximum atomic E-state index is 12.8. The fraction of sp³-hybridized carbons (Fsp3) is 0.412. The lowest BCUT2D eigenvalue weighted by Gasteiger charge is -2.11. The molecule has 25 heavy (non-hydrogen) atoms. The van der Waals surface area contributed by atoms with Gasteiger partial charge >= 0.3 is 5.69 Å². The smallest absolute Gasteiger partial charge is 0.329 e. The number of aromatic nitrogens is 5. The van der Waals surface area contributed by atoms with Crippen LogP contribution in [0.1, 0.15) is 32.2 Å². The van der Waals surface area contributed by atoms with Crippen molar-refractivity contribution in [2.24, 2.45) is 0 Å². The zero-order chi connectivity index (χ0) is 18.1. The molecule has 1 aromatic carbocycles. The molecule has 0 saturated carbocycles. The van der Waals surface area contributed by atoms with Gasteiger partial charge in [-0.2, -0.15) is 15.0 Å². The van der Waals surface area contributed by atoms with Gasteiger partial charge in [-0.25, -0.2) is 4.79 Å². The summed E-state index contributed by atoms with van der Waals surface area (Å²) in [5, 5.41) is 8.96. The van der Waals surface area contributed by atoms with Gasteiger partial charge in [0.15, 0.2) is 0 Å². The minimum atomic E-state index is -0.472. The number of rotatable bonds is 5. The molecule has 0 radical (unpaired) electrons. The summed E-state index contributed by atoms with van der Waals surface area (Å²) in [6.07, 6.45) is -0.00540. The molecule has 8 nitrogen and oxygen atoms in total. The summed E-state index contributed by atoms with van der Waals surface area (Å²) in [5.74, 6) is 0.589. The fourth-order valence-electron chi connectivity index (χ4n) is 2.62. The lowest BCUT2D eigenvalue weighted by Crippen LogP contribution is -2.35. The molecule has 0 saturated heterocycles. The van der Waals surface area contributed by atoms with E-state index < -0.39 is 5.69 Å². The molecule has 132 valence electrons. The quantitative estimate of drug-likeness (QED) is 0.756. The summed E-state index contributed by atoms with van der Waals surface area (Å²) in [6.45, 7) is 8.26. The number of H-pyrrole nitrogens is 1. The number of aryl methyl sites for hydroxylation is 2. The van der Waals surface area contributed by atoms with E-state index in [1.54, 1.807) is 23.0 Å². The van der Waals surface area contributed by atoms with E-state index in [2.05, 4.69) is 15.2 Å². The first kappa shape index (κ1) is 16.9. The Kier molecular flexibility index (Phi) is 4.43. The average molecular weight is 343 g/mol. The topological polar surface area (TPSA) is 94.8 Å². The molecule has 0 spiro atoms. The second kappa shape index (κ2) is 6.54. The van der Waals surface area contributed by atoms with Crippen LogP contribution in [0.4, 0.5) is 0 Å². The summed E-state index contributed by atoms with van der Waals surface area (Å²) in [4.78, 5) is 29.4. The van der Waals surface area contributed by atoms with Crippen LogP contribution >= 0.6 is 0 Å². The molecule has 0 aliphatic rings. The first-order valence-electron chi connectivity index (χ1n) is 8.23. The first-order valence-corrected chi connectivity index (χ1v) is 8.23. The van der Waals surface area contributed by atoms with E-state index in [9.17, 15) is 9.59 Å². The third-order valence-electron chi connectivity index (χ3n) is 3.84. The highest BCUT2D eigenvalue weighted by Gasteiger charge is 2.13. The van der Waals surface area contributed by atoms with Gasteiger partial charge in [-0.15, -0.1) is 0 Å². The van der Waals surface area contributed by atoms with Gasteiger partial charge in [0.05, 0.1) is 35.8 Å². The highest BCUT2D eigenvalue weighted by Crippen LogP contribution is 2.17. The molecule has 3 rings (SSSR count). The highest BCUT2D eigenvalue weighted by molar-refractivity contribution is 5.78. The second-order valence-corrected chi connectivity index (χ2v) is 6.12. The molecule has 0 fully saturated rings. The molecule has 2 aromatic heterocycles. The maximum absolute atomic E-state index is 12.8. The molecule has 0 bridgehead atoms. The van der Waals surface area contributed by atoms with Gasteiger partial charge in [-0.3, -0.25) is 9.36 Å². The second-order valence-electron chi connectivity index (χ2n) is 6.12. The van der Waals surface area contributed by atoms with Crippen molar-refractivity contribution in [1.29, 1.82) is 0 Å². The first-order chi connectivity index (χ1) is 11.9. The predicted molar refractivity (Wildman–Crippen MR) is 94.1 cm³/mol. The van der Waals surface area contributed by atoms with Gasteiger partial charge in [-0.05, 0) is 45.9 Å². The Morgan fingerprint density at radius 1 is 1.24 bits per heavy atom. The maximum Gasteiger partial charge on any atom is 0.329 e. The third-order valence-corrected chi connectivity index (χ3v) is 3.84. The molecule has 0 aliphatic carbocycles. The van der Waals surface area contributed by atoms with Crippen molar-refractivity contribution < 1.29 is 4.74 Å². The molecule has 3 aromatic rings. The number of nitrogens with zero attached hydrogens (tertiary/aromatic N) is 4. The number of fused-ring (bicyclic) bond motifs is 1. The van der Waals surface area contributed by atoms with Gasteiger partial charge in [0.2, 0.25) is 0 Å². The van der Waals surface area contributed by atoms with Crippen molar-refractivity contribution in [1.82, 2.24) is 24.5 Å². The number of aromatic amines is 1. The molecule has 8 heteroatoms. The lowest BCUT2D eigenvalue weighted by atomic mass is 10.2. The largest absolute Gasteiger partial charge is 0.491 e. The zero-order valence-corrected chi connectivity index (χ0v) is 14.7. The number of hydrogen-bond donors (Lipinski definition) is 1. The number of nitrogens with one attached hydrogen (secondary N) is 1. The minimum Gasteiger partial charge on any atom is -0.491 e. The van der Waals surface area contributed by atoms with E-state index in [0.717, 1.165) is 4.57 Å². The Labute approximate surface area is 144 Å². The number of ether oxygens (including phenoxy) is 1. The van der Waals surface area contributed by atoms with Gasteiger partial charge in [0, 0.05) is 0 Å². The van der Waals surface area contributed by atoms with Crippen LogP contribution in [-0.4, -0.2) is 30.6 Å². The van der Waals surface area contributed by atoms with E-state index in [0.29, 0.717) is 34.6 Å². The molecule has 0 atom stereocenters. The Hall–Kier alpha value is -2.90. The molecular weight excluding hydrogens is 322 g/mol. The van der Waals surface area contributed by atoms with Crippen molar-refractivity contribution >= 4 is 10.9 Å². The van der Waals surface area contributed by atoms with Crippen LogP contribution < -0.4 is 16.0 Å². The van der Waals surface area contributed by atoms with Crippen molar-refractivity contribution in [2.45, 2.75) is 46.9 Å². The van der Waals surface area contributed by atoms with Crippen molar-refractivity contribution in [3.8, 4) is 5.75 Å². The average Bonchev–Trinajstić information content (AvgIpc) is 2.91. The lowest BCUT2D eigenvalue weighted by molar-refractivity contribution is 0.242. The Morgan fingerprint density at radius 3 is 2.64 bits per heavy atom. The SMILES string of the molecule is CCn1nc(C)c(Cn2c(=O)[nH]c3ccc(OC(C)C)cc3c2=O)n1. The Morgan fingerprint density at radius 2 is 2.00 bits per heavy atom. The van der Waals surface area contributed by atoms with Crippen LogP contribution in [0, 0.1) is 6.92 Å². The summed E-state index contributed by atoms with van der Waals surface area (Å²) in [6, 6.07) is 5.07. The van der Waals surface area contributed by atoms with Gasteiger partial charge in [-0.1, -0.05) is 0 Å². The Bertz CT molecular complexity index is 1030. The van der Waals surface area contributed by atoms with Gasteiger partial charge < -0.3 is 9.72 Å². The minimum absolute atomic E-state index is 0.00540. The zero-order valence-electron chi connectivity index (χ0n) is 14.7. The monoisotopic (exact) mass is 343 g/mol. The van der Waals surface area contributed by atoms with E-state index in [-0.39, 0.29) is 18.2 Å². The molecule has 0 aliphatic heterocycles. The predicted octanol–water partition coefficient (Wildman–Crippen LogP) is 1.45. The van der Waals surface area contributed by atoms with Crippen LogP contribution in [-0.2, 0) is 13.1 Å². The van der Waals surface area contributed by atoms with E-state index in [1.807, 2.05) is 27.7 Å². The van der Waals surface area contributed by atoms with E-state index in [1.165, 1.54) is 0 Å². The van der Waals surface area contributed by atoms with E-state index in [4.69, 9.17) is 4.74 Å². The highest BCUT2D eigenvalue weighted by atomic mass is 16.5. The number of hydrogen-bond acceptors (Lipinski definition) is 5. The van der Waals surface area contributed by atoms with Gasteiger partial charge in [0.25, 0.3) is 5.56 Å². The third kappa shape index (κ3) is 3.33. The Balaban J connectivity index is 2.09. The molecular formula is C17H21N5O3. The summed E-state index contributed by atoms with van der Waals surface area (Å²) >= 11 is 0. The van der Waals surface area contributed by atoms with Crippen molar-refractivity contribution in [3.05, 3.63) is 50.4 Å². The van der Waals surface area contributed by atoms with Crippen LogP contribution in [0.3, 0.4) is 0 Å². The standard InChI is InChI=1S/C17H21N5O3/c1-5-22-19-11(4)15(20-22)9-21-16(23)13-8-12(25-10(2)3)6-7-14(13)18-17(21)24/h6-8,10H,5,9H2,1-4H3,(H,18,24). The molecule has 0 amide bonds. The van der Waals surface area contributed by atoms with E-state index >= 15 is 0 Å². The summed E-state index contributed by atoms with van der Waals surface area (Å²) in [5.41, 5.74) is 0.934. The molecule has 1 N–H and O–H groups in total. The van der Waals surface area contributed by atoms with Gasteiger partial charge in [0.1, 0.15) is 11.4 Å². The fourth-order valence-corrected chi connectivity index (χ4v) is 2.62. The van der Waals surface area contributed by atoms with Crippen LogP contribution in [0.5, 0.6) is 5.75 Å². The van der Waals surface area contributed by atoms with Crippen LogP contribution in [0.15, 0.2) is 27.8 Å².